The predicted molar refractivity (Wildman–Crippen MR) is 102 cm³/mol. The molecule has 3 aromatic rings. The second kappa shape index (κ2) is 7.92. The van der Waals surface area contributed by atoms with Gasteiger partial charge in [-0.2, -0.15) is 5.26 Å². The Morgan fingerprint density at radius 1 is 1.16 bits per heavy atom. The summed E-state index contributed by atoms with van der Waals surface area (Å²) in [6.07, 6.45) is 0. The first-order chi connectivity index (χ1) is 12.1. The molecule has 4 nitrogen and oxygen atoms in total. The molecular formula is C18H14Cl2N4S. The minimum atomic E-state index is -0.229. The quantitative estimate of drug-likeness (QED) is 0.556. The van der Waals surface area contributed by atoms with Crippen molar-refractivity contribution in [2.75, 3.05) is 0 Å². The molecule has 0 spiro atoms. The van der Waals surface area contributed by atoms with Gasteiger partial charge in [0.2, 0.25) is 0 Å². The van der Waals surface area contributed by atoms with Crippen LogP contribution in [0.15, 0.2) is 53.7 Å². The van der Waals surface area contributed by atoms with E-state index in [0.29, 0.717) is 27.6 Å². The van der Waals surface area contributed by atoms with Crippen molar-refractivity contribution in [1.82, 2.24) is 14.8 Å². The first-order valence-corrected chi connectivity index (χ1v) is 9.21. The van der Waals surface area contributed by atoms with Gasteiger partial charge in [0.15, 0.2) is 11.0 Å². The Kier molecular flexibility index (Phi) is 5.64. The normalized spacial score (nSPS) is 11.9. The van der Waals surface area contributed by atoms with E-state index in [1.54, 1.807) is 12.1 Å². The maximum atomic E-state index is 9.11. The van der Waals surface area contributed by atoms with E-state index in [-0.39, 0.29) is 5.25 Å². The third kappa shape index (κ3) is 4.16. The molecule has 1 atom stereocenters. The number of hydrogen-bond acceptors (Lipinski definition) is 4. The Hall–Kier alpha value is -2.00. The van der Waals surface area contributed by atoms with Gasteiger partial charge < -0.3 is 0 Å². The number of nitriles is 1. The maximum absolute atomic E-state index is 9.11. The minimum absolute atomic E-state index is 0.229. The fraction of sp³-hybridized carbons (Fsp3) is 0.167. The summed E-state index contributed by atoms with van der Waals surface area (Å²) in [5.41, 5.74) is 1.87. The Morgan fingerprint density at radius 2 is 1.92 bits per heavy atom. The Bertz CT molecular complexity index is 919. The molecule has 25 heavy (non-hydrogen) atoms. The number of nitrogens with zero attached hydrogens (tertiary/aromatic N) is 4. The lowest BCUT2D eigenvalue weighted by molar-refractivity contribution is 0.714. The monoisotopic (exact) mass is 388 g/mol. The Labute approximate surface area is 160 Å². The highest BCUT2D eigenvalue weighted by molar-refractivity contribution is 8.00. The molecule has 1 aromatic heterocycles. The van der Waals surface area contributed by atoms with Gasteiger partial charge in [0, 0.05) is 10.6 Å². The second-order valence-electron chi connectivity index (χ2n) is 5.39. The van der Waals surface area contributed by atoms with Crippen LogP contribution in [-0.4, -0.2) is 20.0 Å². The first-order valence-electron chi connectivity index (χ1n) is 7.57. The summed E-state index contributed by atoms with van der Waals surface area (Å²) in [6, 6.07) is 17.5. The number of halogens is 2. The van der Waals surface area contributed by atoms with Gasteiger partial charge in [0.25, 0.3) is 0 Å². The van der Waals surface area contributed by atoms with Crippen LogP contribution in [0.1, 0.15) is 12.5 Å². The summed E-state index contributed by atoms with van der Waals surface area (Å²) in [6.45, 7) is 2.42. The minimum Gasteiger partial charge on any atom is -0.297 e. The lowest BCUT2D eigenvalue weighted by Gasteiger charge is -2.12. The van der Waals surface area contributed by atoms with Crippen LogP contribution in [0.4, 0.5) is 0 Å². The van der Waals surface area contributed by atoms with Crippen molar-refractivity contribution in [3.63, 3.8) is 0 Å². The van der Waals surface area contributed by atoms with E-state index in [2.05, 4.69) is 16.3 Å². The van der Waals surface area contributed by atoms with Gasteiger partial charge in [0.05, 0.1) is 22.9 Å². The summed E-state index contributed by atoms with van der Waals surface area (Å²) in [7, 11) is 0. The van der Waals surface area contributed by atoms with Crippen LogP contribution >= 0.6 is 35.0 Å². The van der Waals surface area contributed by atoms with E-state index < -0.39 is 0 Å². The molecule has 0 fully saturated rings. The highest BCUT2D eigenvalue weighted by atomic mass is 35.5. The molecule has 126 valence electrons. The van der Waals surface area contributed by atoms with Crippen LogP contribution in [0, 0.1) is 11.3 Å². The average molecular weight is 389 g/mol. The third-order valence-corrected chi connectivity index (χ3v) is 5.06. The predicted octanol–water partition coefficient (Wildman–Crippen LogP) is 5.30. The molecule has 0 saturated carbocycles. The Balaban J connectivity index is 2.07. The molecular weight excluding hydrogens is 375 g/mol. The van der Waals surface area contributed by atoms with Gasteiger partial charge in [0.1, 0.15) is 0 Å². The maximum Gasteiger partial charge on any atom is 0.193 e. The first kappa shape index (κ1) is 17.8. The van der Waals surface area contributed by atoms with E-state index >= 15 is 0 Å². The smallest absolute Gasteiger partial charge is 0.193 e. The van der Waals surface area contributed by atoms with E-state index in [0.717, 1.165) is 11.1 Å². The standard InChI is InChI=1S/C18H14Cl2N4S/c1-12(10-21)25-18-23-22-17(15-8-7-14(19)9-16(15)20)24(18)11-13-5-3-2-4-6-13/h2-9,12H,11H2,1H3. The zero-order valence-corrected chi connectivity index (χ0v) is 15.7. The molecule has 1 unspecified atom stereocenters. The van der Waals surface area contributed by atoms with Crippen LogP contribution in [0.2, 0.25) is 10.0 Å². The summed E-state index contributed by atoms with van der Waals surface area (Å²) in [4.78, 5) is 0. The van der Waals surface area contributed by atoms with Crippen molar-refractivity contribution in [2.24, 2.45) is 0 Å². The molecule has 0 amide bonds. The van der Waals surface area contributed by atoms with Crippen molar-refractivity contribution in [3.05, 3.63) is 64.1 Å². The van der Waals surface area contributed by atoms with E-state index in [1.165, 1.54) is 11.8 Å². The summed E-state index contributed by atoms with van der Waals surface area (Å²) in [5.74, 6) is 0.651. The van der Waals surface area contributed by atoms with Crippen LogP contribution in [0.3, 0.4) is 0 Å². The van der Waals surface area contributed by atoms with Crippen molar-refractivity contribution in [2.45, 2.75) is 23.9 Å². The molecule has 0 aliphatic carbocycles. The van der Waals surface area contributed by atoms with Gasteiger partial charge in [-0.3, -0.25) is 4.57 Å². The molecule has 1 heterocycles. The average Bonchev–Trinajstić information content (AvgIpc) is 2.98. The van der Waals surface area contributed by atoms with Gasteiger partial charge in [-0.25, -0.2) is 0 Å². The van der Waals surface area contributed by atoms with Crippen molar-refractivity contribution in [3.8, 4) is 17.5 Å². The number of hydrogen-bond donors (Lipinski definition) is 0. The summed E-state index contributed by atoms with van der Waals surface area (Å²) >= 11 is 13.7. The van der Waals surface area contributed by atoms with Crippen molar-refractivity contribution < 1.29 is 0 Å². The lowest BCUT2D eigenvalue weighted by atomic mass is 10.2. The van der Waals surface area contributed by atoms with Crippen molar-refractivity contribution >= 4 is 35.0 Å². The summed E-state index contributed by atoms with van der Waals surface area (Å²) < 4.78 is 1.98. The number of rotatable bonds is 5. The van der Waals surface area contributed by atoms with Gasteiger partial charge >= 0.3 is 0 Å². The Morgan fingerprint density at radius 3 is 2.60 bits per heavy atom. The van der Waals surface area contributed by atoms with Gasteiger partial charge in [-0.1, -0.05) is 65.3 Å². The molecule has 0 aliphatic rings. The van der Waals surface area contributed by atoms with Gasteiger partial charge in [-0.05, 0) is 30.7 Å². The van der Waals surface area contributed by atoms with E-state index in [4.69, 9.17) is 28.5 Å². The summed E-state index contributed by atoms with van der Waals surface area (Å²) in [5, 5.41) is 19.2. The lowest BCUT2D eigenvalue weighted by Crippen LogP contribution is -2.06. The fourth-order valence-corrected chi connectivity index (χ4v) is 3.57. The van der Waals surface area contributed by atoms with Crippen LogP contribution in [0.5, 0.6) is 0 Å². The molecule has 0 aliphatic heterocycles. The second-order valence-corrected chi connectivity index (χ2v) is 7.54. The molecule has 3 rings (SSSR count). The number of aromatic nitrogens is 3. The third-order valence-electron chi connectivity index (χ3n) is 3.54. The molecule has 0 saturated heterocycles. The molecule has 2 aromatic carbocycles. The zero-order chi connectivity index (χ0) is 17.8. The largest absolute Gasteiger partial charge is 0.297 e. The van der Waals surface area contributed by atoms with Crippen LogP contribution in [-0.2, 0) is 6.54 Å². The highest BCUT2D eigenvalue weighted by Gasteiger charge is 2.19. The van der Waals surface area contributed by atoms with Gasteiger partial charge in [-0.15, -0.1) is 10.2 Å². The number of benzene rings is 2. The molecule has 7 heteroatoms. The molecule has 0 N–H and O–H groups in total. The fourth-order valence-electron chi connectivity index (χ4n) is 2.34. The van der Waals surface area contributed by atoms with Crippen LogP contribution < -0.4 is 0 Å². The van der Waals surface area contributed by atoms with E-state index in [9.17, 15) is 0 Å². The zero-order valence-electron chi connectivity index (χ0n) is 13.4. The van der Waals surface area contributed by atoms with E-state index in [1.807, 2.05) is 47.9 Å². The highest BCUT2D eigenvalue weighted by Crippen LogP contribution is 2.32. The number of thioether (sulfide) groups is 1. The van der Waals surface area contributed by atoms with Crippen LogP contribution in [0.25, 0.3) is 11.4 Å². The SMILES string of the molecule is CC(C#N)Sc1nnc(-c2ccc(Cl)cc2Cl)n1Cc1ccccc1. The molecule has 0 radical (unpaired) electrons. The molecule has 0 bridgehead atoms. The van der Waals surface area contributed by atoms with Crippen molar-refractivity contribution in [1.29, 1.82) is 5.26 Å². The topological polar surface area (TPSA) is 54.5 Å².